The van der Waals surface area contributed by atoms with Crippen LogP contribution in [0.4, 0.5) is 11.6 Å². The first-order valence-electron chi connectivity index (χ1n) is 8.53. The third-order valence-electron chi connectivity index (χ3n) is 4.69. The van der Waals surface area contributed by atoms with E-state index < -0.39 is 0 Å². The molecule has 6 heteroatoms. The molecule has 0 bridgehead atoms. The largest absolute Gasteiger partial charge is 0.370 e. The van der Waals surface area contributed by atoms with E-state index in [1.165, 1.54) is 5.56 Å². The van der Waals surface area contributed by atoms with Crippen molar-refractivity contribution in [3.05, 3.63) is 54.0 Å². The summed E-state index contributed by atoms with van der Waals surface area (Å²) in [6.07, 6.45) is 4.80. The number of aromatic nitrogens is 3. The molecule has 126 valence electrons. The first-order valence-corrected chi connectivity index (χ1v) is 8.53. The lowest BCUT2D eigenvalue weighted by Crippen LogP contribution is -2.23. The maximum Gasteiger partial charge on any atom is 0.169 e. The van der Waals surface area contributed by atoms with Gasteiger partial charge in [-0.2, -0.15) is 5.26 Å². The zero-order valence-corrected chi connectivity index (χ0v) is 14.2. The molecule has 0 aromatic carbocycles. The van der Waals surface area contributed by atoms with Crippen molar-refractivity contribution in [1.82, 2.24) is 14.4 Å². The molecule has 0 amide bonds. The minimum atomic E-state index is 0.513. The first-order chi connectivity index (χ1) is 12.2. The second kappa shape index (κ2) is 6.44. The van der Waals surface area contributed by atoms with Gasteiger partial charge in [-0.15, -0.1) is 0 Å². The maximum absolute atomic E-state index is 9.55. The number of aryl methyl sites for hydroxylation is 1. The van der Waals surface area contributed by atoms with Gasteiger partial charge in [0.15, 0.2) is 11.5 Å². The Balaban J connectivity index is 1.47. The average Bonchev–Trinajstić information content (AvgIpc) is 3.24. The van der Waals surface area contributed by atoms with Crippen LogP contribution in [0, 0.1) is 24.2 Å². The molecule has 1 unspecified atom stereocenters. The van der Waals surface area contributed by atoms with Crippen LogP contribution in [0.15, 0.2) is 42.7 Å². The lowest BCUT2D eigenvalue weighted by atomic mass is 10.1. The van der Waals surface area contributed by atoms with Gasteiger partial charge in [-0.05, 0) is 49.1 Å². The Bertz CT molecular complexity index is 938. The maximum atomic E-state index is 9.55. The van der Waals surface area contributed by atoms with Gasteiger partial charge in [-0.1, -0.05) is 6.07 Å². The molecule has 0 radical (unpaired) electrons. The highest BCUT2D eigenvalue weighted by Crippen LogP contribution is 2.27. The Hall–Kier alpha value is -3.07. The number of pyridine rings is 2. The van der Waals surface area contributed by atoms with Crippen molar-refractivity contribution in [2.75, 3.05) is 29.9 Å². The molecule has 3 aromatic heterocycles. The van der Waals surface area contributed by atoms with E-state index in [4.69, 9.17) is 0 Å². The van der Waals surface area contributed by atoms with E-state index in [2.05, 4.69) is 39.2 Å². The molecule has 25 heavy (non-hydrogen) atoms. The van der Waals surface area contributed by atoms with E-state index >= 15 is 0 Å². The highest BCUT2D eigenvalue weighted by Gasteiger charge is 2.27. The normalized spacial score (nSPS) is 17.0. The van der Waals surface area contributed by atoms with Gasteiger partial charge in [0.05, 0.1) is 0 Å². The van der Waals surface area contributed by atoms with Gasteiger partial charge in [0, 0.05) is 32.0 Å². The Labute approximate surface area is 146 Å². The van der Waals surface area contributed by atoms with Crippen molar-refractivity contribution in [3.63, 3.8) is 0 Å². The monoisotopic (exact) mass is 332 g/mol. The lowest BCUT2D eigenvalue weighted by Gasteiger charge is -2.16. The topological polar surface area (TPSA) is 69.2 Å². The zero-order valence-electron chi connectivity index (χ0n) is 14.2. The number of nitriles is 1. The predicted octanol–water partition coefficient (Wildman–Crippen LogP) is 2.85. The smallest absolute Gasteiger partial charge is 0.169 e. The summed E-state index contributed by atoms with van der Waals surface area (Å²) < 4.78 is 1.86. The summed E-state index contributed by atoms with van der Waals surface area (Å²) in [6, 6.07) is 12.2. The molecule has 1 fully saturated rings. The molecule has 1 saturated heterocycles. The number of nitrogens with zero attached hydrogens (tertiary/aromatic N) is 5. The molecule has 6 nitrogen and oxygen atoms in total. The summed E-state index contributed by atoms with van der Waals surface area (Å²) in [7, 11) is 0. The van der Waals surface area contributed by atoms with Crippen LogP contribution >= 0.6 is 0 Å². The fraction of sp³-hybridized carbons (Fsp3) is 0.316. The molecule has 1 aliphatic rings. The second-order valence-corrected chi connectivity index (χ2v) is 6.52. The van der Waals surface area contributed by atoms with Crippen molar-refractivity contribution in [3.8, 4) is 6.07 Å². The van der Waals surface area contributed by atoms with Crippen LogP contribution in [-0.2, 0) is 0 Å². The SMILES string of the molecule is Cc1ccnc(NCC2CCN(c3nc4ccccn4c3C#N)C2)c1. The van der Waals surface area contributed by atoms with E-state index in [1.54, 1.807) is 0 Å². The molecular weight excluding hydrogens is 312 g/mol. The van der Waals surface area contributed by atoms with E-state index in [1.807, 2.05) is 41.1 Å². The van der Waals surface area contributed by atoms with E-state index in [0.29, 0.717) is 11.6 Å². The summed E-state index contributed by atoms with van der Waals surface area (Å²) in [6.45, 7) is 4.77. The molecule has 0 saturated carbocycles. The third-order valence-corrected chi connectivity index (χ3v) is 4.69. The van der Waals surface area contributed by atoms with Crippen molar-refractivity contribution in [2.24, 2.45) is 5.92 Å². The Kier molecular flexibility index (Phi) is 3.98. The van der Waals surface area contributed by atoms with Gasteiger partial charge < -0.3 is 10.2 Å². The zero-order chi connectivity index (χ0) is 17.2. The number of rotatable bonds is 4. The second-order valence-electron chi connectivity index (χ2n) is 6.52. The van der Waals surface area contributed by atoms with Crippen molar-refractivity contribution in [1.29, 1.82) is 5.26 Å². The Morgan fingerprint density at radius 1 is 1.36 bits per heavy atom. The molecule has 1 N–H and O–H groups in total. The fourth-order valence-corrected chi connectivity index (χ4v) is 3.38. The molecular formula is C19H20N6. The van der Waals surface area contributed by atoms with Crippen LogP contribution < -0.4 is 10.2 Å². The van der Waals surface area contributed by atoms with Crippen LogP contribution in [0.5, 0.6) is 0 Å². The van der Waals surface area contributed by atoms with Crippen LogP contribution in [0.2, 0.25) is 0 Å². The predicted molar refractivity (Wildman–Crippen MR) is 97.7 cm³/mol. The standard InChI is InChI=1S/C19H20N6/c1-14-5-7-21-17(10-14)22-12-15-6-9-24(13-15)19-16(11-20)25-8-3-2-4-18(25)23-19/h2-5,7-8,10,15H,6,9,12-13H2,1H3,(H,21,22). The highest BCUT2D eigenvalue weighted by atomic mass is 15.2. The minimum Gasteiger partial charge on any atom is -0.370 e. The van der Waals surface area contributed by atoms with Gasteiger partial charge in [0.1, 0.15) is 17.5 Å². The summed E-state index contributed by atoms with van der Waals surface area (Å²) in [5, 5.41) is 13.0. The number of hydrogen-bond acceptors (Lipinski definition) is 5. The van der Waals surface area contributed by atoms with Crippen molar-refractivity contribution in [2.45, 2.75) is 13.3 Å². The number of nitrogens with one attached hydrogen (secondary N) is 1. The Morgan fingerprint density at radius 3 is 3.12 bits per heavy atom. The molecule has 4 rings (SSSR count). The summed E-state index contributed by atoms with van der Waals surface area (Å²) in [4.78, 5) is 11.2. The molecule has 1 aliphatic heterocycles. The number of fused-ring (bicyclic) bond motifs is 1. The van der Waals surface area contributed by atoms with Gasteiger partial charge in [0.25, 0.3) is 0 Å². The average molecular weight is 332 g/mol. The van der Waals surface area contributed by atoms with Crippen molar-refractivity contribution < 1.29 is 0 Å². The summed E-state index contributed by atoms with van der Waals surface area (Å²) in [5.74, 6) is 2.23. The van der Waals surface area contributed by atoms with Crippen molar-refractivity contribution >= 4 is 17.3 Å². The minimum absolute atomic E-state index is 0.513. The molecule has 0 spiro atoms. The third kappa shape index (κ3) is 3.01. The van der Waals surface area contributed by atoms with Gasteiger partial charge >= 0.3 is 0 Å². The quantitative estimate of drug-likeness (QED) is 0.795. The van der Waals surface area contributed by atoms with Crippen LogP contribution in [0.25, 0.3) is 5.65 Å². The van der Waals surface area contributed by atoms with E-state index in [-0.39, 0.29) is 0 Å². The first kappa shape index (κ1) is 15.5. The summed E-state index contributed by atoms with van der Waals surface area (Å²) >= 11 is 0. The number of hydrogen-bond donors (Lipinski definition) is 1. The van der Waals surface area contributed by atoms with E-state index in [9.17, 15) is 5.26 Å². The lowest BCUT2D eigenvalue weighted by molar-refractivity contribution is 0.621. The fourth-order valence-electron chi connectivity index (χ4n) is 3.38. The molecule has 1 atom stereocenters. The van der Waals surface area contributed by atoms with Gasteiger partial charge in [-0.3, -0.25) is 4.40 Å². The Morgan fingerprint density at radius 2 is 2.28 bits per heavy atom. The van der Waals surface area contributed by atoms with Gasteiger partial charge in [0.2, 0.25) is 0 Å². The van der Waals surface area contributed by atoms with Crippen LogP contribution in [-0.4, -0.2) is 34.0 Å². The molecule has 3 aromatic rings. The van der Waals surface area contributed by atoms with Crippen LogP contribution in [0.1, 0.15) is 17.7 Å². The van der Waals surface area contributed by atoms with E-state index in [0.717, 1.165) is 43.3 Å². The molecule has 0 aliphatic carbocycles. The highest BCUT2D eigenvalue weighted by molar-refractivity contribution is 5.60. The summed E-state index contributed by atoms with van der Waals surface area (Å²) in [5.41, 5.74) is 2.64. The van der Waals surface area contributed by atoms with Gasteiger partial charge in [-0.25, -0.2) is 9.97 Å². The number of imidazole rings is 1. The number of anilines is 2. The molecule has 4 heterocycles. The van der Waals surface area contributed by atoms with Crippen LogP contribution in [0.3, 0.4) is 0 Å².